The molecule has 0 aromatic heterocycles. The molecule has 1 aromatic rings. The molecule has 102 valence electrons. The number of aryl methyl sites for hydroxylation is 1. The molecule has 0 aliphatic heterocycles. The first-order valence-electron chi connectivity index (χ1n) is 5.36. The van der Waals surface area contributed by atoms with Crippen molar-refractivity contribution in [3.8, 4) is 0 Å². The van der Waals surface area contributed by atoms with E-state index in [1.54, 1.807) is 24.8 Å². The molecule has 0 radical (unpaired) electrons. The minimum atomic E-state index is -3.54. The van der Waals surface area contributed by atoms with Crippen molar-refractivity contribution in [3.63, 3.8) is 0 Å². The number of hydrogen-bond donors (Lipinski definition) is 2. The normalized spacial score (nSPS) is 13.6. The van der Waals surface area contributed by atoms with Crippen molar-refractivity contribution < 1.29 is 8.42 Å². The van der Waals surface area contributed by atoms with Crippen molar-refractivity contribution in [1.82, 2.24) is 4.72 Å². The summed E-state index contributed by atoms with van der Waals surface area (Å²) in [5, 5.41) is 0.577. The predicted molar refractivity (Wildman–Crippen MR) is 78.8 cm³/mol. The summed E-state index contributed by atoms with van der Waals surface area (Å²) in [5.41, 5.74) is 6.49. The Morgan fingerprint density at radius 3 is 2.67 bits per heavy atom. The smallest absolute Gasteiger partial charge is 0.240 e. The van der Waals surface area contributed by atoms with Crippen LogP contribution in [-0.2, 0) is 10.0 Å². The third kappa shape index (κ3) is 3.78. The Balaban J connectivity index is 3.02. The number of nitrogens with two attached hydrogens (primary N) is 1. The molecule has 4 nitrogen and oxygen atoms in total. The van der Waals surface area contributed by atoms with Gasteiger partial charge >= 0.3 is 0 Å². The van der Waals surface area contributed by atoms with Crippen LogP contribution < -0.4 is 10.5 Å². The summed E-state index contributed by atoms with van der Waals surface area (Å²) in [5.74, 6) is 0. The average molecular weight is 309 g/mol. The minimum absolute atomic E-state index is 0.178. The minimum Gasteiger partial charge on any atom is -0.397 e. The first kappa shape index (κ1) is 15.6. The molecule has 0 aliphatic carbocycles. The van der Waals surface area contributed by atoms with E-state index in [0.29, 0.717) is 17.1 Å². The molecule has 0 saturated carbocycles. The highest BCUT2D eigenvalue weighted by Gasteiger charge is 2.18. The first-order valence-corrected chi connectivity index (χ1v) is 8.51. The topological polar surface area (TPSA) is 72.2 Å². The molecule has 1 aromatic carbocycles. The van der Waals surface area contributed by atoms with E-state index in [4.69, 9.17) is 17.3 Å². The second-order valence-corrected chi connectivity index (χ2v) is 7.46. The van der Waals surface area contributed by atoms with Crippen molar-refractivity contribution >= 4 is 39.1 Å². The van der Waals surface area contributed by atoms with E-state index in [9.17, 15) is 8.42 Å². The Labute approximate surface area is 117 Å². The van der Waals surface area contributed by atoms with Gasteiger partial charge in [0, 0.05) is 11.8 Å². The van der Waals surface area contributed by atoms with Gasteiger partial charge in [-0.1, -0.05) is 18.5 Å². The van der Waals surface area contributed by atoms with E-state index in [-0.39, 0.29) is 15.8 Å². The maximum Gasteiger partial charge on any atom is 0.240 e. The SMILES string of the molecule is CSC(C)CNS(=O)(=O)c1cc(N)c(Cl)cc1C. The number of thioether (sulfide) groups is 1. The van der Waals surface area contributed by atoms with Crippen LogP contribution in [0.3, 0.4) is 0 Å². The predicted octanol–water partition coefficient (Wildman–Crippen LogP) is 2.26. The molecule has 1 unspecified atom stereocenters. The molecule has 0 saturated heterocycles. The van der Waals surface area contributed by atoms with Crippen LogP contribution in [0.25, 0.3) is 0 Å². The Kier molecular flexibility index (Phi) is 5.33. The molecule has 1 atom stereocenters. The molecule has 0 spiro atoms. The standard InChI is InChI=1S/C11H17ClN2O2S2/c1-7-4-9(12)10(13)5-11(7)18(15,16)14-6-8(2)17-3/h4-5,8,14H,6,13H2,1-3H3. The molecule has 1 rings (SSSR count). The number of halogens is 1. The van der Waals surface area contributed by atoms with Crippen LogP contribution in [0.5, 0.6) is 0 Å². The third-order valence-electron chi connectivity index (χ3n) is 2.55. The van der Waals surface area contributed by atoms with Gasteiger partial charge in [0.15, 0.2) is 0 Å². The van der Waals surface area contributed by atoms with Gasteiger partial charge in [-0.3, -0.25) is 0 Å². The molecular formula is C11H17ClN2O2S2. The van der Waals surface area contributed by atoms with Crippen LogP contribution in [0, 0.1) is 6.92 Å². The summed E-state index contributed by atoms with van der Waals surface area (Å²) in [6, 6.07) is 2.95. The van der Waals surface area contributed by atoms with Crippen molar-refractivity contribution in [1.29, 1.82) is 0 Å². The number of nitrogen functional groups attached to an aromatic ring is 1. The Morgan fingerprint density at radius 2 is 2.11 bits per heavy atom. The van der Waals surface area contributed by atoms with Gasteiger partial charge in [-0.05, 0) is 30.9 Å². The second-order valence-electron chi connectivity index (χ2n) is 4.04. The first-order chi connectivity index (χ1) is 8.27. The van der Waals surface area contributed by atoms with Gasteiger partial charge in [0.2, 0.25) is 10.0 Å². The molecule has 3 N–H and O–H groups in total. The molecule has 18 heavy (non-hydrogen) atoms. The van der Waals surface area contributed by atoms with Gasteiger partial charge in [-0.15, -0.1) is 0 Å². The lowest BCUT2D eigenvalue weighted by Crippen LogP contribution is -2.30. The monoisotopic (exact) mass is 308 g/mol. The van der Waals surface area contributed by atoms with E-state index >= 15 is 0 Å². The summed E-state index contributed by atoms with van der Waals surface area (Å²) in [4.78, 5) is 0.178. The van der Waals surface area contributed by atoms with Crippen LogP contribution in [0.2, 0.25) is 5.02 Å². The zero-order chi connectivity index (χ0) is 13.9. The molecule has 0 heterocycles. The van der Waals surface area contributed by atoms with E-state index in [2.05, 4.69) is 4.72 Å². The van der Waals surface area contributed by atoms with Gasteiger partial charge in [0.25, 0.3) is 0 Å². The van der Waals surface area contributed by atoms with Crippen molar-refractivity contribution in [2.24, 2.45) is 0 Å². The number of rotatable bonds is 5. The molecule has 7 heteroatoms. The van der Waals surface area contributed by atoms with Crippen molar-refractivity contribution in [3.05, 3.63) is 22.7 Å². The zero-order valence-corrected chi connectivity index (χ0v) is 12.9. The highest BCUT2D eigenvalue weighted by molar-refractivity contribution is 7.99. The Morgan fingerprint density at radius 1 is 1.50 bits per heavy atom. The van der Waals surface area contributed by atoms with Crippen LogP contribution in [0.1, 0.15) is 12.5 Å². The number of sulfonamides is 1. The summed E-state index contributed by atoms with van der Waals surface area (Å²) >= 11 is 7.44. The van der Waals surface area contributed by atoms with E-state index in [1.165, 1.54) is 6.07 Å². The number of anilines is 1. The van der Waals surface area contributed by atoms with Crippen molar-refractivity contribution in [2.75, 3.05) is 18.5 Å². The molecule has 0 bridgehead atoms. The number of benzene rings is 1. The zero-order valence-electron chi connectivity index (χ0n) is 10.5. The largest absolute Gasteiger partial charge is 0.397 e. The van der Waals surface area contributed by atoms with Gasteiger partial charge < -0.3 is 5.73 Å². The summed E-state index contributed by atoms with van der Waals surface area (Å²) < 4.78 is 26.8. The van der Waals surface area contributed by atoms with Crippen LogP contribution in [0.15, 0.2) is 17.0 Å². The average Bonchev–Trinajstić information content (AvgIpc) is 2.30. The maximum atomic E-state index is 12.1. The van der Waals surface area contributed by atoms with E-state index in [1.807, 2.05) is 13.2 Å². The lowest BCUT2D eigenvalue weighted by Gasteiger charge is -2.13. The van der Waals surface area contributed by atoms with Crippen LogP contribution >= 0.6 is 23.4 Å². The highest BCUT2D eigenvalue weighted by Crippen LogP contribution is 2.26. The lowest BCUT2D eigenvalue weighted by molar-refractivity contribution is 0.581. The Hall–Kier alpha value is -0.430. The summed E-state index contributed by atoms with van der Waals surface area (Å²) in [6.45, 7) is 4.03. The summed E-state index contributed by atoms with van der Waals surface area (Å²) in [6.07, 6.45) is 1.94. The van der Waals surface area contributed by atoms with Gasteiger partial charge in [-0.25, -0.2) is 13.1 Å². The maximum absolute atomic E-state index is 12.1. The second kappa shape index (κ2) is 6.14. The van der Waals surface area contributed by atoms with Gasteiger partial charge in [0.1, 0.15) is 0 Å². The molecule has 0 fully saturated rings. The fourth-order valence-electron chi connectivity index (χ4n) is 1.35. The third-order valence-corrected chi connectivity index (χ3v) is 5.41. The van der Waals surface area contributed by atoms with E-state index < -0.39 is 10.0 Å². The summed E-state index contributed by atoms with van der Waals surface area (Å²) in [7, 11) is -3.54. The molecule has 0 aliphatic rings. The fourth-order valence-corrected chi connectivity index (χ4v) is 3.31. The van der Waals surface area contributed by atoms with Crippen LogP contribution in [0.4, 0.5) is 5.69 Å². The lowest BCUT2D eigenvalue weighted by atomic mass is 10.2. The number of hydrogen-bond acceptors (Lipinski definition) is 4. The van der Waals surface area contributed by atoms with Crippen LogP contribution in [-0.4, -0.2) is 26.5 Å². The van der Waals surface area contributed by atoms with E-state index in [0.717, 1.165) is 0 Å². The fraction of sp³-hybridized carbons (Fsp3) is 0.455. The molecular weight excluding hydrogens is 292 g/mol. The quantitative estimate of drug-likeness (QED) is 0.818. The molecule has 0 amide bonds. The van der Waals surface area contributed by atoms with Gasteiger partial charge in [-0.2, -0.15) is 11.8 Å². The Bertz CT molecular complexity index is 532. The van der Waals surface area contributed by atoms with Gasteiger partial charge in [0.05, 0.1) is 15.6 Å². The highest BCUT2D eigenvalue weighted by atomic mass is 35.5. The number of nitrogens with one attached hydrogen (secondary N) is 1. The van der Waals surface area contributed by atoms with Crippen molar-refractivity contribution in [2.45, 2.75) is 24.0 Å².